The van der Waals surface area contributed by atoms with Gasteiger partial charge in [-0.3, -0.25) is 14.4 Å². The van der Waals surface area contributed by atoms with Crippen molar-refractivity contribution in [1.29, 1.82) is 0 Å². The molecule has 4 aromatic rings. The lowest BCUT2D eigenvalue weighted by Crippen LogP contribution is -2.30. The highest BCUT2D eigenvalue weighted by atomic mass is 35.5. The summed E-state index contributed by atoms with van der Waals surface area (Å²) >= 11 is 7.38. The van der Waals surface area contributed by atoms with Crippen LogP contribution in [0.25, 0.3) is 6.08 Å². The van der Waals surface area contributed by atoms with Gasteiger partial charge in [-0.15, -0.1) is 11.8 Å². The van der Waals surface area contributed by atoms with Crippen molar-refractivity contribution in [2.75, 3.05) is 42.5 Å². The maximum atomic E-state index is 13.3. The van der Waals surface area contributed by atoms with Crippen LogP contribution >= 0.6 is 23.4 Å². The molecule has 0 saturated carbocycles. The average Bonchev–Trinajstić information content (AvgIpc) is 3.01. The van der Waals surface area contributed by atoms with Crippen molar-refractivity contribution in [2.24, 2.45) is 0 Å². The summed E-state index contributed by atoms with van der Waals surface area (Å²) in [5.74, 6) is -0.414. The van der Waals surface area contributed by atoms with E-state index in [0.717, 1.165) is 16.1 Å². The lowest BCUT2D eigenvalue weighted by Gasteiger charge is -2.13. The topological polar surface area (TPSA) is 99.8 Å². The van der Waals surface area contributed by atoms with E-state index in [2.05, 4.69) is 16.0 Å². The van der Waals surface area contributed by atoms with Gasteiger partial charge in [-0.2, -0.15) is 0 Å². The molecule has 4 aromatic carbocycles. The molecule has 0 atom stereocenters. The summed E-state index contributed by atoms with van der Waals surface area (Å²) in [6.07, 6.45) is 1.63. The van der Waals surface area contributed by atoms with Crippen LogP contribution in [0.4, 0.5) is 17.1 Å². The normalized spacial score (nSPS) is 10.9. The summed E-state index contributed by atoms with van der Waals surface area (Å²) in [4.78, 5) is 41.5. The molecular weight excluding hydrogens is 584 g/mol. The van der Waals surface area contributed by atoms with Crippen LogP contribution in [0.1, 0.15) is 15.9 Å². The van der Waals surface area contributed by atoms with E-state index in [-0.39, 0.29) is 17.4 Å². The number of hydrogen-bond donors (Lipinski definition) is 3. The van der Waals surface area contributed by atoms with Gasteiger partial charge in [0.25, 0.3) is 11.8 Å². The summed E-state index contributed by atoms with van der Waals surface area (Å²) < 4.78 is 5.27. The first kappa shape index (κ1) is 31.2. The third-order valence-corrected chi connectivity index (χ3v) is 7.41. The number of nitrogens with one attached hydrogen (secondary N) is 3. The fraction of sp³-hybridized carbons (Fsp3) is 0.121. The largest absolute Gasteiger partial charge is 0.495 e. The molecule has 0 fully saturated rings. The lowest BCUT2D eigenvalue weighted by molar-refractivity contribution is -0.114. The number of nitrogens with zero attached hydrogens (tertiary/aromatic N) is 1. The Balaban J connectivity index is 1.42. The molecule has 0 radical (unpaired) electrons. The second-order valence-corrected chi connectivity index (χ2v) is 11.0. The first-order valence-corrected chi connectivity index (χ1v) is 14.6. The van der Waals surface area contributed by atoms with Gasteiger partial charge in [-0.25, -0.2) is 0 Å². The summed E-state index contributed by atoms with van der Waals surface area (Å²) in [6.45, 7) is 0. The number of carbonyl (C=O) groups is 3. The number of halogens is 1. The van der Waals surface area contributed by atoms with Gasteiger partial charge in [0, 0.05) is 41.0 Å². The highest BCUT2D eigenvalue weighted by molar-refractivity contribution is 8.00. The number of thioether (sulfide) groups is 1. The van der Waals surface area contributed by atoms with Crippen LogP contribution in [0.15, 0.2) is 108 Å². The average molecular weight is 615 g/mol. The zero-order valence-corrected chi connectivity index (χ0v) is 25.5. The minimum atomic E-state index is -0.476. The van der Waals surface area contributed by atoms with E-state index >= 15 is 0 Å². The van der Waals surface area contributed by atoms with Crippen LogP contribution in [0, 0.1) is 0 Å². The SMILES string of the molecule is COc1ccc(Cl)cc1NC(=O)CSc1ccc(NC(=O)/C(=C/c2ccc(N(C)C)cc2)NC(=O)c2ccccc2)cc1. The van der Waals surface area contributed by atoms with Crippen LogP contribution in [0.5, 0.6) is 5.75 Å². The van der Waals surface area contributed by atoms with Crippen molar-refractivity contribution in [2.45, 2.75) is 4.90 Å². The highest BCUT2D eigenvalue weighted by Gasteiger charge is 2.16. The fourth-order valence-corrected chi connectivity index (χ4v) is 4.79. The summed E-state index contributed by atoms with van der Waals surface area (Å²) in [5, 5.41) is 8.89. The minimum Gasteiger partial charge on any atom is -0.495 e. The van der Waals surface area contributed by atoms with Crippen LogP contribution in [-0.4, -0.2) is 44.7 Å². The Morgan fingerprint density at radius 1 is 0.884 bits per heavy atom. The number of benzene rings is 4. The molecule has 43 heavy (non-hydrogen) atoms. The maximum absolute atomic E-state index is 13.3. The second kappa shape index (κ2) is 14.9. The highest BCUT2D eigenvalue weighted by Crippen LogP contribution is 2.28. The maximum Gasteiger partial charge on any atom is 0.272 e. The van der Waals surface area contributed by atoms with E-state index < -0.39 is 11.8 Å². The molecule has 0 aliphatic carbocycles. The fourth-order valence-electron chi connectivity index (χ4n) is 3.92. The van der Waals surface area contributed by atoms with Crippen molar-refractivity contribution in [3.63, 3.8) is 0 Å². The summed E-state index contributed by atoms with van der Waals surface area (Å²) in [7, 11) is 5.41. The molecule has 0 spiro atoms. The van der Waals surface area contributed by atoms with Gasteiger partial charge in [0.1, 0.15) is 11.4 Å². The van der Waals surface area contributed by atoms with E-state index in [0.29, 0.717) is 27.7 Å². The zero-order valence-electron chi connectivity index (χ0n) is 23.9. The van der Waals surface area contributed by atoms with Gasteiger partial charge in [0.2, 0.25) is 5.91 Å². The number of anilines is 3. The first-order valence-electron chi connectivity index (χ1n) is 13.2. The third-order valence-electron chi connectivity index (χ3n) is 6.17. The molecule has 0 heterocycles. The van der Waals surface area contributed by atoms with Crippen molar-refractivity contribution >= 4 is 64.2 Å². The third kappa shape index (κ3) is 9.13. The number of hydrogen-bond acceptors (Lipinski definition) is 6. The van der Waals surface area contributed by atoms with Crippen molar-refractivity contribution in [3.05, 3.63) is 119 Å². The molecular formula is C33H31ClN4O4S. The second-order valence-electron chi connectivity index (χ2n) is 9.52. The van der Waals surface area contributed by atoms with E-state index in [9.17, 15) is 14.4 Å². The number of ether oxygens (including phenoxy) is 1. The van der Waals surface area contributed by atoms with E-state index in [1.165, 1.54) is 18.9 Å². The Morgan fingerprint density at radius 3 is 2.23 bits per heavy atom. The zero-order chi connectivity index (χ0) is 30.8. The molecule has 3 N–H and O–H groups in total. The molecule has 0 unspecified atom stereocenters. The molecule has 8 nitrogen and oxygen atoms in total. The number of carbonyl (C=O) groups excluding carboxylic acids is 3. The van der Waals surface area contributed by atoms with Gasteiger partial charge in [0.15, 0.2) is 0 Å². The van der Waals surface area contributed by atoms with E-state index in [1.807, 2.05) is 49.3 Å². The van der Waals surface area contributed by atoms with Crippen LogP contribution in [0.2, 0.25) is 5.02 Å². The predicted molar refractivity (Wildman–Crippen MR) is 175 cm³/mol. The minimum absolute atomic E-state index is 0.0954. The molecule has 0 bridgehead atoms. The predicted octanol–water partition coefficient (Wildman–Crippen LogP) is 6.56. The Hall–Kier alpha value is -4.73. The van der Waals surface area contributed by atoms with Crippen molar-refractivity contribution < 1.29 is 19.1 Å². The quantitative estimate of drug-likeness (QED) is 0.131. The standard InChI is InChI=1S/C33H31ClN4O4S/c1-38(2)26-14-9-22(10-15-26)19-29(37-32(40)23-7-5-4-6-8-23)33(41)35-25-12-16-27(17-13-25)43-21-31(39)36-28-20-24(34)11-18-30(28)42-3/h4-20H,21H2,1-3H3,(H,35,41)(H,36,39)(H,37,40)/b29-19-. The van der Waals surface area contributed by atoms with Gasteiger partial charge < -0.3 is 25.6 Å². The number of amides is 3. The van der Waals surface area contributed by atoms with E-state index in [4.69, 9.17) is 16.3 Å². The summed E-state index contributed by atoms with van der Waals surface area (Å²) in [6, 6.07) is 28.4. The molecule has 0 saturated heterocycles. The molecule has 10 heteroatoms. The van der Waals surface area contributed by atoms with Gasteiger partial charge in [-0.1, -0.05) is 41.9 Å². The summed E-state index contributed by atoms with van der Waals surface area (Å²) in [5.41, 5.74) is 3.32. The van der Waals surface area contributed by atoms with Crippen molar-refractivity contribution in [1.82, 2.24) is 5.32 Å². The molecule has 4 rings (SSSR count). The monoisotopic (exact) mass is 614 g/mol. The van der Waals surface area contributed by atoms with Crippen LogP contribution in [0.3, 0.4) is 0 Å². The molecule has 3 amide bonds. The van der Waals surface area contributed by atoms with Gasteiger partial charge in [0.05, 0.1) is 18.6 Å². The van der Waals surface area contributed by atoms with Crippen molar-refractivity contribution in [3.8, 4) is 5.75 Å². The number of rotatable bonds is 11. The van der Waals surface area contributed by atoms with Crippen LogP contribution < -0.4 is 25.6 Å². The first-order chi connectivity index (χ1) is 20.7. The van der Waals surface area contributed by atoms with E-state index in [1.54, 1.807) is 72.8 Å². The smallest absolute Gasteiger partial charge is 0.272 e. The molecule has 0 aliphatic heterocycles. The lowest BCUT2D eigenvalue weighted by atomic mass is 10.1. The van der Waals surface area contributed by atoms with Crippen LogP contribution in [-0.2, 0) is 9.59 Å². The van der Waals surface area contributed by atoms with Gasteiger partial charge >= 0.3 is 0 Å². The van der Waals surface area contributed by atoms with Gasteiger partial charge in [-0.05, 0) is 78.4 Å². The molecule has 220 valence electrons. The molecule has 0 aliphatic rings. The Bertz CT molecular complexity index is 1610. The number of methoxy groups -OCH3 is 1. The molecule has 0 aromatic heterocycles. The Morgan fingerprint density at radius 2 is 1.58 bits per heavy atom. The Kier molecular flexibility index (Phi) is 10.9. The Labute approximate surface area is 260 Å².